The fourth-order valence-electron chi connectivity index (χ4n) is 6.48. The Morgan fingerprint density at radius 2 is 1.93 bits per heavy atom. The summed E-state index contributed by atoms with van der Waals surface area (Å²) in [6.45, 7) is 3.34. The molecule has 2 atom stereocenters. The number of nitrogens with zero attached hydrogens (tertiary/aromatic N) is 3. The number of ether oxygens (including phenoxy) is 2. The number of aliphatic hydroxyl groups is 1. The van der Waals surface area contributed by atoms with E-state index in [0.717, 1.165) is 46.6 Å². The van der Waals surface area contributed by atoms with E-state index in [1.807, 2.05) is 48.9 Å². The Morgan fingerprint density at radius 1 is 1.17 bits per heavy atom. The number of aliphatic hydroxyl groups excluding tert-OH is 1. The predicted molar refractivity (Wildman–Crippen MR) is 176 cm³/mol. The lowest BCUT2D eigenvalue weighted by molar-refractivity contribution is 0.101. The lowest BCUT2D eigenvalue weighted by Crippen LogP contribution is -2.39. The van der Waals surface area contributed by atoms with E-state index < -0.39 is 5.82 Å². The second kappa shape index (κ2) is 13.2. The summed E-state index contributed by atoms with van der Waals surface area (Å²) in [7, 11) is 3.29. The van der Waals surface area contributed by atoms with Gasteiger partial charge in [0.1, 0.15) is 22.6 Å². The molecule has 1 aromatic heterocycles. The molecule has 46 heavy (non-hydrogen) atoms. The van der Waals surface area contributed by atoms with Crippen molar-refractivity contribution in [1.82, 2.24) is 14.5 Å². The van der Waals surface area contributed by atoms with Gasteiger partial charge >= 0.3 is 0 Å². The maximum atomic E-state index is 15.0. The number of anilines is 1. The van der Waals surface area contributed by atoms with Gasteiger partial charge < -0.3 is 30.2 Å². The van der Waals surface area contributed by atoms with Crippen molar-refractivity contribution in [3.63, 3.8) is 0 Å². The van der Waals surface area contributed by atoms with Gasteiger partial charge in [-0.05, 0) is 42.5 Å². The molecule has 3 aromatic carbocycles. The third-order valence-electron chi connectivity index (χ3n) is 9.06. The average molecular weight is 669 g/mol. The van der Waals surface area contributed by atoms with Crippen LogP contribution in [0.15, 0.2) is 42.5 Å². The van der Waals surface area contributed by atoms with Gasteiger partial charge in [-0.3, -0.25) is 9.69 Å². The Bertz CT molecular complexity index is 1810. The van der Waals surface area contributed by atoms with E-state index in [4.69, 9.17) is 38.4 Å². The Labute approximate surface area is 277 Å². The number of carbonyl (C=O) groups is 1. The van der Waals surface area contributed by atoms with Crippen molar-refractivity contribution in [2.45, 2.75) is 51.4 Å². The lowest BCUT2D eigenvalue weighted by Gasteiger charge is -2.30. The number of rotatable bonds is 9. The molecule has 2 unspecified atom stereocenters. The zero-order valence-corrected chi connectivity index (χ0v) is 27.4. The molecule has 0 saturated carbocycles. The molecule has 4 N–H and O–H groups in total. The molecular formula is C34H36Cl2FN5O4. The summed E-state index contributed by atoms with van der Waals surface area (Å²) in [5, 5.41) is 12.8. The van der Waals surface area contributed by atoms with Gasteiger partial charge in [0, 0.05) is 62.0 Å². The Balaban J connectivity index is 1.25. The Kier molecular flexibility index (Phi) is 9.27. The summed E-state index contributed by atoms with van der Waals surface area (Å²) in [6.07, 6.45) is 1.72. The number of methoxy groups -OCH3 is 1. The van der Waals surface area contributed by atoms with Crippen molar-refractivity contribution in [2.24, 2.45) is 12.8 Å². The number of benzene rings is 3. The third kappa shape index (κ3) is 5.73. The monoisotopic (exact) mass is 667 g/mol. The van der Waals surface area contributed by atoms with Crippen LogP contribution in [0.25, 0.3) is 11.1 Å². The van der Waals surface area contributed by atoms with Crippen LogP contribution in [0.5, 0.6) is 11.5 Å². The van der Waals surface area contributed by atoms with Crippen LogP contribution in [0.4, 0.5) is 10.1 Å². The van der Waals surface area contributed by atoms with E-state index in [1.54, 1.807) is 12.1 Å². The van der Waals surface area contributed by atoms with Crippen molar-refractivity contribution < 1.29 is 23.8 Å². The van der Waals surface area contributed by atoms with Crippen LogP contribution in [0.3, 0.4) is 0 Å². The molecule has 0 saturated heterocycles. The second-order valence-corrected chi connectivity index (χ2v) is 12.4. The molecule has 6 rings (SSSR count). The van der Waals surface area contributed by atoms with Gasteiger partial charge in [0.2, 0.25) is 0 Å². The summed E-state index contributed by atoms with van der Waals surface area (Å²) >= 11 is 13.3. The van der Waals surface area contributed by atoms with Gasteiger partial charge in [0.25, 0.3) is 5.91 Å². The topological polar surface area (TPSA) is 115 Å². The third-order valence-corrected chi connectivity index (χ3v) is 9.81. The number of imidazole rings is 1. The highest BCUT2D eigenvalue weighted by Crippen LogP contribution is 2.45. The molecule has 12 heteroatoms. The van der Waals surface area contributed by atoms with E-state index in [0.29, 0.717) is 35.9 Å². The fourth-order valence-corrected chi connectivity index (χ4v) is 6.97. The average Bonchev–Trinajstić information content (AvgIpc) is 3.63. The molecule has 4 aromatic rings. The predicted octanol–water partition coefficient (Wildman–Crippen LogP) is 6.06. The van der Waals surface area contributed by atoms with Crippen LogP contribution in [0.1, 0.15) is 58.1 Å². The van der Waals surface area contributed by atoms with Crippen LogP contribution in [0.2, 0.25) is 10.0 Å². The molecule has 1 aliphatic carbocycles. The normalized spacial score (nSPS) is 16.6. The molecule has 0 spiro atoms. The van der Waals surface area contributed by atoms with E-state index >= 15 is 0 Å². The van der Waals surface area contributed by atoms with E-state index in [1.165, 1.54) is 7.11 Å². The number of carbonyl (C=O) groups excluding carboxylic acids is 1. The summed E-state index contributed by atoms with van der Waals surface area (Å²) in [6, 6.07) is 13.0. The zero-order chi connectivity index (χ0) is 32.7. The lowest BCUT2D eigenvalue weighted by atomic mass is 9.96. The van der Waals surface area contributed by atoms with Crippen LogP contribution < -0.4 is 20.5 Å². The van der Waals surface area contributed by atoms with Gasteiger partial charge in [0.15, 0.2) is 11.6 Å². The molecule has 1 amide bonds. The standard InChI is InChI=1S/C34H36Cl2FN5O4/c1-18(17-43)42-13-12-26-25(16-42)39-33(41(26)2)34(44)40-24-9-5-8-22(30(24)35)19-6-4-7-21-20(19)10-11-27(21)46-29-14-28(45-3)23(15-38)32(37)31(29)36/h4-9,14,18,27,43H,10-13,15-17,38H2,1-3H3,(H,40,44). The van der Waals surface area contributed by atoms with Gasteiger partial charge in [-0.25, -0.2) is 9.37 Å². The van der Waals surface area contributed by atoms with Crippen molar-refractivity contribution in [3.05, 3.63) is 92.2 Å². The van der Waals surface area contributed by atoms with E-state index in [2.05, 4.69) is 15.2 Å². The first-order chi connectivity index (χ1) is 22.2. The number of fused-ring (bicyclic) bond motifs is 2. The van der Waals surface area contributed by atoms with Crippen LogP contribution in [0, 0.1) is 5.82 Å². The van der Waals surface area contributed by atoms with Crippen LogP contribution in [-0.2, 0) is 33.0 Å². The fraction of sp³-hybridized carbons (Fsp3) is 0.353. The summed E-state index contributed by atoms with van der Waals surface area (Å²) in [4.78, 5) is 20.3. The molecule has 2 aliphatic rings. The number of hydrogen-bond donors (Lipinski definition) is 3. The van der Waals surface area contributed by atoms with Crippen LogP contribution >= 0.6 is 23.2 Å². The second-order valence-electron chi connectivity index (χ2n) is 11.7. The van der Waals surface area contributed by atoms with Gasteiger partial charge in [0.05, 0.1) is 30.1 Å². The van der Waals surface area contributed by atoms with Gasteiger partial charge in [-0.2, -0.15) is 0 Å². The van der Waals surface area contributed by atoms with Crippen LogP contribution in [-0.4, -0.2) is 51.8 Å². The Hall–Kier alpha value is -3.67. The maximum absolute atomic E-state index is 15.0. The number of aromatic nitrogens is 2. The summed E-state index contributed by atoms with van der Waals surface area (Å²) in [5.41, 5.74) is 11.9. The minimum atomic E-state index is -0.653. The summed E-state index contributed by atoms with van der Waals surface area (Å²) < 4.78 is 28.4. The van der Waals surface area contributed by atoms with Gasteiger partial charge in [-0.1, -0.05) is 53.5 Å². The molecule has 2 heterocycles. The molecular weight excluding hydrogens is 632 g/mol. The molecule has 1 aliphatic heterocycles. The largest absolute Gasteiger partial charge is 0.496 e. The van der Waals surface area contributed by atoms with Gasteiger partial charge in [-0.15, -0.1) is 0 Å². The summed E-state index contributed by atoms with van der Waals surface area (Å²) in [5.74, 6) is -0.242. The van der Waals surface area contributed by atoms with Crippen molar-refractivity contribution >= 4 is 34.8 Å². The molecule has 242 valence electrons. The molecule has 0 fully saturated rings. The van der Waals surface area contributed by atoms with Crippen molar-refractivity contribution in [1.29, 1.82) is 0 Å². The number of hydrogen-bond acceptors (Lipinski definition) is 7. The number of halogens is 3. The van der Waals surface area contributed by atoms with E-state index in [9.17, 15) is 14.3 Å². The molecule has 0 radical (unpaired) electrons. The SMILES string of the molecule is COc1cc(OC2CCc3c(-c4cccc(NC(=O)c5nc6c(n5C)CCN(C(C)CO)C6)c4Cl)cccc32)c(Cl)c(F)c1CN. The highest BCUT2D eigenvalue weighted by Gasteiger charge is 2.30. The number of nitrogens with two attached hydrogens (primary N) is 1. The first-order valence-corrected chi connectivity index (χ1v) is 15.9. The first-order valence-electron chi connectivity index (χ1n) is 15.2. The highest BCUT2D eigenvalue weighted by molar-refractivity contribution is 6.36. The number of nitrogens with one attached hydrogen (secondary N) is 1. The first kappa shape index (κ1) is 32.3. The smallest absolute Gasteiger partial charge is 0.291 e. The van der Waals surface area contributed by atoms with E-state index in [-0.39, 0.29) is 53.3 Å². The number of amides is 1. The minimum absolute atomic E-state index is 0.0162. The quantitative estimate of drug-likeness (QED) is 0.199. The maximum Gasteiger partial charge on any atom is 0.291 e. The molecule has 0 bridgehead atoms. The highest BCUT2D eigenvalue weighted by atomic mass is 35.5. The zero-order valence-electron chi connectivity index (χ0n) is 25.9. The van der Waals surface area contributed by atoms with Crippen molar-refractivity contribution in [2.75, 3.05) is 25.6 Å². The molecule has 9 nitrogen and oxygen atoms in total. The van der Waals surface area contributed by atoms with Crippen molar-refractivity contribution in [3.8, 4) is 22.6 Å². The minimum Gasteiger partial charge on any atom is -0.496 e. The Morgan fingerprint density at radius 3 is 2.67 bits per heavy atom.